The summed E-state index contributed by atoms with van der Waals surface area (Å²) in [6, 6.07) is -0.558. The lowest BCUT2D eigenvalue weighted by atomic mass is 9.74. The van der Waals surface area contributed by atoms with Crippen LogP contribution in [0.2, 0.25) is 0 Å². The van der Waals surface area contributed by atoms with Crippen LogP contribution in [0.5, 0.6) is 0 Å². The Hall–Kier alpha value is -1.27. The van der Waals surface area contributed by atoms with E-state index in [4.69, 9.17) is 5.73 Å². The third-order valence-electron chi connectivity index (χ3n) is 4.15. The molecule has 0 aromatic rings. The van der Waals surface area contributed by atoms with Crippen LogP contribution in [-0.4, -0.2) is 34.5 Å². The Morgan fingerprint density at radius 1 is 1.37 bits per heavy atom. The van der Waals surface area contributed by atoms with E-state index in [1.165, 1.54) is 4.90 Å². The molecule has 0 saturated heterocycles. The molecule has 4 nitrogen and oxygen atoms in total. The van der Waals surface area contributed by atoms with Gasteiger partial charge in [0.2, 0.25) is 0 Å². The predicted molar refractivity (Wildman–Crippen MR) is 64.7 cm³/mol. The number of urea groups is 1. The Balaban J connectivity index is 2.21. The Morgan fingerprint density at radius 2 is 1.89 bits per heavy atom. The number of aliphatic imine (C=N–C) groups is 1. The highest BCUT2D eigenvalue weighted by Gasteiger charge is 2.54. The van der Waals surface area contributed by atoms with Crippen LogP contribution in [0.25, 0.3) is 0 Å². The maximum atomic E-state index is 12.7. The SMILES string of the molecule is CC(C)N1C(=O)N=C(N)C12CCC(C(F)(F)F)CC2. The van der Waals surface area contributed by atoms with Crippen molar-refractivity contribution in [2.45, 2.75) is 57.3 Å². The Kier molecular flexibility index (Phi) is 3.26. The van der Waals surface area contributed by atoms with Gasteiger partial charge in [-0.1, -0.05) is 0 Å². The molecule has 0 aromatic heterocycles. The van der Waals surface area contributed by atoms with Crippen molar-refractivity contribution in [1.29, 1.82) is 0 Å². The number of hydrogen-bond acceptors (Lipinski definition) is 2. The van der Waals surface area contributed by atoms with E-state index in [-0.39, 0.29) is 37.6 Å². The van der Waals surface area contributed by atoms with E-state index in [0.29, 0.717) is 0 Å². The lowest BCUT2D eigenvalue weighted by Crippen LogP contribution is -2.58. The van der Waals surface area contributed by atoms with E-state index in [9.17, 15) is 18.0 Å². The van der Waals surface area contributed by atoms with Gasteiger partial charge in [0.25, 0.3) is 0 Å². The van der Waals surface area contributed by atoms with Gasteiger partial charge < -0.3 is 10.6 Å². The molecule has 2 N–H and O–H groups in total. The predicted octanol–water partition coefficient (Wildman–Crippen LogP) is 2.68. The van der Waals surface area contributed by atoms with E-state index in [1.807, 2.05) is 13.8 Å². The highest BCUT2D eigenvalue weighted by molar-refractivity contribution is 6.06. The van der Waals surface area contributed by atoms with Crippen molar-refractivity contribution in [3.63, 3.8) is 0 Å². The lowest BCUT2D eigenvalue weighted by Gasteiger charge is -2.45. The van der Waals surface area contributed by atoms with Gasteiger partial charge in [0, 0.05) is 6.04 Å². The molecule has 0 aromatic carbocycles. The van der Waals surface area contributed by atoms with E-state index in [2.05, 4.69) is 4.99 Å². The van der Waals surface area contributed by atoms with Crippen LogP contribution in [0.3, 0.4) is 0 Å². The third kappa shape index (κ3) is 2.19. The molecule has 2 aliphatic rings. The molecule has 1 fully saturated rings. The molecule has 0 bridgehead atoms. The number of halogens is 3. The van der Waals surface area contributed by atoms with Crippen LogP contribution in [0.1, 0.15) is 39.5 Å². The van der Waals surface area contributed by atoms with Crippen molar-refractivity contribution in [3.05, 3.63) is 0 Å². The summed E-state index contributed by atoms with van der Waals surface area (Å²) in [6.07, 6.45) is -3.71. The molecule has 1 spiro atoms. The minimum absolute atomic E-state index is 0.00375. The standard InChI is InChI=1S/C12H18F3N3O/c1-7(2)18-10(19)17-9(16)11(18)5-3-8(4-6-11)12(13,14)15/h7-8H,3-6H2,1-2H3,(H2,16,17,19). The van der Waals surface area contributed by atoms with Crippen molar-refractivity contribution in [1.82, 2.24) is 4.90 Å². The number of amidine groups is 1. The van der Waals surface area contributed by atoms with Crippen LogP contribution >= 0.6 is 0 Å². The van der Waals surface area contributed by atoms with Crippen LogP contribution in [0, 0.1) is 5.92 Å². The molecule has 0 unspecified atom stereocenters. The fourth-order valence-corrected chi connectivity index (χ4v) is 3.20. The van der Waals surface area contributed by atoms with Gasteiger partial charge in [-0.05, 0) is 39.5 Å². The van der Waals surface area contributed by atoms with Gasteiger partial charge in [-0.2, -0.15) is 18.2 Å². The van der Waals surface area contributed by atoms with Gasteiger partial charge >= 0.3 is 12.2 Å². The van der Waals surface area contributed by atoms with E-state index in [0.717, 1.165) is 0 Å². The molecule has 2 rings (SSSR count). The molecular formula is C12H18F3N3O. The molecule has 0 atom stereocenters. The summed E-state index contributed by atoms with van der Waals surface area (Å²) >= 11 is 0. The summed E-state index contributed by atoms with van der Waals surface area (Å²) in [6.45, 7) is 3.65. The van der Waals surface area contributed by atoms with E-state index in [1.54, 1.807) is 0 Å². The molecule has 1 aliphatic carbocycles. The first-order valence-electron chi connectivity index (χ1n) is 6.43. The number of carbonyl (C=O) groups excluding carboxylic acids is 1. The van der Waals surface area contributed by atoms with Crippen LogP contribution in [0.4, 0.5) is 18.0 Å². The topological polar surface area (TPSA) is 58.7 Å². The zero-order valence-corrected chi connectivity index (χ0v) is 11.0. The number of rotatable bonds is 1. The number of alkyl halides is 3. The van der Waals surface area contributed by atoms with Gasteiger partial charge in [0.1, 0.15) is 11.4 Å². The second kappa shape index (κ2) is 4.38. The highest BCUT2D eigenvalue weighted by Crippen LogP contribution is 2.45. The van der Waals surface area contributed by atoms with Gasteiger partial charge in [0.05, 0.1) is 5.92 Å². The molecular weight excluding hydrogens is 259 g/mol. The molecule has 1 heterocycles. The normalized spacial score (nSPS) is 32.3. The first-order valence-corrected chi connectivity index (χ1v) is 6.43. The van der Waals surface area contributed by atoms with Crippen molar-refractivity contribution in [2.75, 3.05) is 0 Å². The monoisotopic (exact) mass is 277 g/mol. The molecule has 19 heavy (non-hydrogen) atoms. The second-order valence-corrected chi connectivity index (χ2v) is 5.59. The largest absolute Gasteiger partial charge is 0.391 e. The molecule has 108 valence electrons. The average molecular weight is 277 g/mol. The van der Waals surface area contributed by atoms with E-state index < -0.39 is 23.7 Å². The number of carbonyl (C=O) groups is 1. The van der Waals surface area contributed by atoms with Crippen LogP contribution in [0.15, 0.2) is 4.99 Å². The maximum Gasteiger partial charge on any atom is 0.391 e. The lowest BCUT2D eigenvalue weighted by molar-refractivity contribution is -0.185. The van der Waals surface area contributed by atoms with Crippen LogP contribution < -0.4 is 5.73 Å². The molecule has 2 amide bonds. The molecule has 1 saturated carbocycles. The van der Waals surface area contributed by atoms with Gasteiger partial charge in [-0.3, -0.25) is 0 Å². The van der Waals surface area contributed by atoms with Crippen molar-refractivity contribution in [3.8, 4) is 0 Å². The van der Waals surface area contributed by atoms with E-state index >= 15 is 0 Å². The van der Waals surface area contributed by atoms with Crippen molar-refractivity contribution in [2.24, 2.45) is 16.6 Å². The number of nitrogens with zero attached hydrogens (tertiary/aromatic N) is 2. The Bertz CT molecular complexity index is 409. The number of nitrogens with two attached hydrogens (primary N) is 1. The Morgan fingerprint density at radius 3 is 2.32 bits per heavy atom. The van der Waals surface area contributed by atoms with Crippen molar-refractivity contribution >= 4 is 11.9 Å². The molecule has 0 radical (unpaired) electrons. The summed E-state index contributed by atoms with van der Waals surface area (Å²) in [4.78, 5) is 17.1. The minimum Gasteiger partial charge on any atom is -0.385 e. The van der Waals surface area contributed by atoms with Crippen molar-refractivity contribution < 1.29 is 18.0 Å². The van der Waals surface area contributed by atoms with Crippen LogP contribution in [-0.2, 0) is 0 Å². The fraction of sp³-hybridized carbons (Fsp3) is 0.833. The first-order chi connectivity index (χ1) is 8.68. The molecule has 7 heteroatoms. The quantitative estimate of drug-likeness (QED) is 0.801. The number of amides is 2. The average Bonchev–Trinajstić information content (AvgIpc) is 2.49. The minimum atomic E-state index is -4.17. The fourth-order valence-electron chi connectivity index (χ4n) is 3.20. The third-order valence-corrected chi connectivity index (χ3v) is 4.15. The Labute approximate surface area is 109 Å². The van der Waals surface area contributed by atoms with Gasteiger partial charge in [0.15, 0.2) is 0 Å². The maximum absolute atomic E-state index is 12.7. The number of hydrogen-bond donors (Lipinski definition) is 1. The highest BCUT2D eigenvalue weighted by atomic mass is 19.4. The zero-order valence-electron chi connectivity index (χ0n) is 11.0. The summed E-state index contributed by atoms with van der Waals surface area (Å²) in [5.41, 5.74) is 5.03. The zero-order chi connectivity index (χ0) is 14.4. The molecule has 1 aliphatic heterocycles. The summed E-state index contributed by atoms with van der Waals surface area (Å²) in [5.74, 6) is -1.12. The summed E-state index contributed by atoms with van der Waals surface area (Å²) in [5, 5.41) is 0. The smallest absolute Gasteiger partial charge is 0.385 e. The van der Waals surface area contributed by atoms with Gasteiger partial charge in [-0.15, -0.1) is 0 Å². The summed E-state index contributed by atoms with van der Waals surface area (Å²) < 4.78 is 38.1. The first kappa shape index (κ1) is 14.1. The summed E-state index contributed by atoms with van der Waals surface area (Å²) in [7, 11) is 0. The second-order valence-electron chi connectivity index (χ2n) is 5.59. The van der Waals surface area contributed by atoms with Gasteiger partial charge in [-0.25, -0.2) is 4.79 Å².